The summed E-state index contributed by atoms with van der Waals surface area (Å²) in [6.07, 6.45) is 0.874. The second kappa shape index (κ2) is 8.81. The molecule has 0 atom stereocenters. The van der Waals surface area contributed by atoms with Gasteiger partial charge in [-0.1, -0.05) is 0 Å². The highest BCUT2D eigenvalue weighted by atomic mass is 79.9. The number of halogens is 1. The molecule has 20 heavy (non-hydrogen) atoms. The first kappa shape index (κ1) is 16.8. The second-order valence-corrected chi connectivity index (χ2v) is 4.88. The number of rotatable bonds is 8. The summed E-state index contributed by atoms with van der Waals surface area (Å²) in [4.78, 5) is 11.0. The van der Waals surface area contributed by atoms with Gasteiger partial charge in [-0.2, -0.15) is 0 Å². The van der Waals surface area contributed by atoms with Crippen molar-refractivity contribution in [3.8, 4) is 11.5 Å². The standard InChI is InChI=1S/C14H19BrO5/c1-3-19-12-8-10(9-16)7-11(15)14(12)20-6-4-5-13(17)18-2/h7-8,16H,3-6,9H2,1-2H3. The maximum Gasteiger partial charge on any atom is 0.305 e. The van der Waals surface area contributed by atoms with Crippen molar-refractivity contribution >= 4 is 21.9 Å². The Morgan fingerprint density at radius 2 is 2.10 bits per heavy atom. The number of aliphatic hydroxyl groups is 1. The molecule has 0 fully saturated rings. The highest BCUT2D eigenvalue weighted by Gasteiger charge is 2.12. The maximum absolute atomic E-state index is 11.0. The van der Waals surface area contributed by atoms with E-state index in [4.69, 9.17) is 9.47 Å². The topological polar surface area (TPSA) is 65.0 Å². The molecule has 1 aromatic rings. The SMILES string of the molecule is CCOc1cc(CO)cc(Br)c1OCCCC(=O)OC. The van der Waals surface area contributed by atoms with Crippen LogP contribution in [-0.2, 0) is 16.1 Å². The van der Waals surface area contributed by atoms with E-state index in [-0.39, 0.29) is 12.6 Å². The molecule has 0 aliphatic heterocycles. The molecular weight excluding hydrogens is 328 g/mol. The predicted molar refractivity (Wildman–Crippen MR) is 78.0 cm³/mol. The van der Waals surface area contributed by atoms with E-state index in [9.17, 15) is 9.90 Å². The lowest BCUT2D eigenvalue weighted by atomic mass is 10.2. The number of carbonyl (C=O) groups is 1. The third-order valence-corrected chi connectivity index (χ3v) is 3.14. The summed E-state index contributed by atoms with van der Waals surface area (Å²) in [5, 5.41) is 9.18. The molecule has 1 N–H and O–H groups in total. The van der Waals surface area contributed by atoms with Crippen LogP contribution in [0.5, 0.6) is 11.5 Å². The second-order valence-electron chi connectivity index (χ2n) is 4.02. The zero-order chi connectivity index (χ0) is 15.0. The van der Waals surface area contributed by atoms with Crippen molar-refractivity contribution in [3.05, 3.63) is 22.2 Å². The van der Waals surface area contributed by atoms with Gasteiger partial charge in [-0.3, -0.25) is 4.79 Å². The van der Waals surface area contributed by atoms with Gasteiger partial charge in [-0.05, 0) is 47.0 Å². The van der Waals surface area contributed by atoms with Crippen LogP contribution in [0.1, 0.15) is 25.3 Å². The third kappa shape index (κ3) is 5.02. The van der Waals surface area contributed by atoms with Crippen molar-refractivity contribution in [3.63, 3.8) is 0 Å². The molecule has 0 aliphatic carbocycles. The van der Waals surface area contributed by atoms with Gasteiger partial charge in [0.1, 0.15) is 0 Å². The first-order chi connectivity index (χ1) is 9.62. The van der Waals surface area contributed by atoms with E-state index >= 15 is 0 Å². The fraction of sp³-hybridized carbons (Fsp3) is 0.500. The molecular formula is C14H19BrO5. The quantitative estimate of drug-likeness (QED) is 0.579. The Morgan fingerprint density at radius 3 is 2.70 bits per heavy atom. The molecule has 0 bridgehead atoms. The van der Waals surface area contributed by atoms with E-state index in [1.807, 2.05) is 6.92 Å². The number of aliphatic hydroxyl groups excluding tert-OH is 1. The Balaban J connectivity index is 2.69. The van der Waals surface area contributed by atoms with Gasteiger partial charge in [0.15, 0.2) is 11.5 Å². The number of carbonyl (C=O) groups excluding carboxylic acids is 1. The summed E-state index contributed by atoms with van der Waals surface area (Å²) >= 11 is 3.40. The summed E-state index contributed by atoms with van der Waals surface area (Å²) in [6, 6.07) is 3.52. The average Bonchev–Trinajstić information content (AvgIpc) is 2.45. The molecule has 5 nitrogen and oxygen atoms in total. The third-order valence-electron chi connectivity index (χ3n) is 2.55. The van der Waals surface area contributed by atoms with Gasteiger partial charge in [0, 0.05) is 6.42 Å². The molecule has 0 unspecified atom stereocenters. The Labute approximate surface area is 127 Å². The van der Waals surface area contributed by atoms with E-state index in [0.29, 0.717) is 42.0 Å². The summed E-state index contributed by atoms with van der Waals surface area (Å²) in [5.74, 6) is 0.895. The largest absolute Gasteiger partial charge is 0.490 e. The van der Waals surface area contributed by atoms with Crippen LogP contribution in [0.3, 0.4) is 0 Å². The molecule has 0 saturated heterocycles. The molecule has 0 aromatic heterocycles. The number of hydrogen-bond acceptors (Lipinski definition) is 5. The van der Waals surface area contributed by atoms with Gasteiger partial charge < -0.3 is 19.3 Å². The van der Waals surface area contributed by atoms with E-state index in [1.165, 1.54) is 7.11 Å². The van der Waals surface area contributed by atoms with Crippen molar-refractivity contribution in [2.24, 2.45) is 0 Å². The van der Waals surface area contributed by atoms with Gasteiger partial charge in [0.25, 0.3) is 0 Å². The summed E-state index contributed by atoms with van der Waals surface area (Å²) in [6.45, 7) is 2.69. The van der Waals surface area contributed by atoms with Crippen LogP contribution in [0.4, 0.5) is 0 Å². The Kier molecular flexibility index (Phi) is 7.40. The number of ether oxygens (including phenoxy) is 3. The van der Waals surface area contributed by atoms with Crippen LogP contribution in [-0.4, -0.2) is 31.4 Å². The van der Waals surface area contributed by atoms with Gasteiger partial charge >= 0.3 is 5.97 Å². The lowest BCUT2D eigenvalue weighted by Crippen LogP contribution is -2.06. The molecule has 0 amide bonds. The molecule has 112 valence electrons. The van der Waals surface area contributed by atoms with Crippen molar-refractivity contribution in [2.45, 2.75) is 26.4 Å². The minimum atomic E-state index is -0.256. The summed E-state index contributed by atoms with van der Waals surface area (Å²) in [5.41, 5.74) is 0.738. The first-order valence-electron chi connectivity index (χ1n) is 6.38. The van der Waals surface area contributed by atoms with E-state index in [0.717, 1.165) is 5.56 Å². The van der Waals surface area contributed by atoms with Crippen LogP contribution < -0.4 is 9.47 Å². The lowest BCUT2D eigenvalue weighted by molar-refractivity contribution is -0.140. The maximum atomic E-state index is 11.0. The van der Waals surface area contributed by atoms with E-state index in [2.05, 4.69) is 20.7 Å². The zero-order valence-corrected chi connectivity index (χ0v) is 13.2. The molecule has 6 heteroatoms. The minimum Gasteiger partial charge on any atom is -0.490 e. The Hall–Kier alpha value is -1.27. The van der Waals surface area contributed by atoms with E-state index in [1.54, 1.807) is 12.1 Å². The molecule has 1 rings (SSSR count). The average molecular weight is 347 g/mol. The van der Waals surface area contributed by atoms with Crippen LogP contribution in [0, 0.1) is 0 Å². The first-order valence-corrected chi connectivity index (χ1v) is 7.17. The number of methoxy groups -OCH3 is 1. The Bertz CT molecular complexity index is 447. The normalized spacial score (nSPS) is 10.2. The zero-order valence-electron chi connectivity index (χ0n) is 11.6. The Morgan fingerprint density at radius 1 is 1.35 bits per heavy atom. The summed E-state index contributed by atoms with van der Waals surface area (Å²) in [7, 11) is 1.36. The molecule has 0 radical (unpaired) electrons. The van der Waals surface area contributed by atoms with Gasteiger partial charge in [-0.15, -0.1) is 0 Å². The van der Waals surface area contributed by atoms with E-state index < -0.39 is 0 Å². The fourth-order valence-corrected chi connectivity index (χ4v) is 2.21. The van der Waals surface area contributed by atoms with Crippen LogP contribution in [0.2, 0.25) is 0 Å². The minimum absolute atomic E-state index is 0.0682. The fourth-order valence-electron chi connectivity index (χ4n) is 1.61. The van der Waals surface area contributed by atoms with Crippen LogP contribution >= 0.6 is 15.9 Å². The molecule has 0 heterocycles. The highest BCUT2D eigenvalue weighted by Crippen LogP contribution is 2.37. The monoisotopic (exact) mass is 346 g/mol. The van der Waals surface area contributed by atoms with Gasteiger partial charge in [0.2, 0.25) is 0 Å². The lowest BCUT2D eigenvalue weighted by Gasteiger charge is -2.14. The molecule has 1 aromatic carbocycles. The number of esters is 1. The number of hydrogen-bond donors (Lipinski definition) is 1. The van der Waals surface area contributed by atoms with Crippen molar-refractivity contribution < 1.29 is 24.1 Å². The van der Waals surface area contributed by atoms with Crippen molar-refractivity contribution in [1.29, 1.82) is 0 Å². The van der Waals surface area contributed by atoms with Crippen molar-refractivity contribution in [1.82, 2.24) is 0 Å². The molecule has 0 spiro atoms. The van der Waals surface area contributed by atoms with Crippen LogP contribution in [0.15, 0.2) is 16.6 Å². The summed E-state index contributed by atoms with van der Waals surface area (Å²) < 4.78 is 16.4. The molecule has 0 saturated carbocycles. The smallest absolute Gasteiger partial charge is 0.305 e. The van der Waals surface area contributed by atoms with Crippen LogP contribution in [0.25, 0.3) is 0 Å². The van der Waals surface area contributed by atoms with Gasteiger partial charge in [0.05, 0.1) is 31.4 Å². The number of benzene rings is 1. The predicted octanol–water partition coefficient (Wildman–Crippen LogP) is 2.67. The van der Waals surface area contributed by atoms with Crippen molar-refractivity contribution in [2.75, 3.05) is 20.3 Å². The molecule has 0 aliphatic rings. The van der Waals surface area contributed by atoms with Gasteiger partial charge in [-0.25, -0.2) is 0 Å². The highest BCUT2D eigenvalue weighted by molar-refractivity contribution is 9.10.